The van der Waals surface area contributed by atoms with E-state index in [9.17, 15) is 0 Å². The number of unbranched alkanes of at least 4 members (excludes halogenated alkanes) is 1. The Labute approximate surface area is 150 Å². The van der Waals surface area contributed by atoms with Crippen LogP contribution in [0.5, 0.6) is 5.75 Å². The highest BCUT2D eigenvalue weighted by molar-refractivity contribution is 5.73. The minimum atomic E-state index is -0.505. The van der Waals surface area contributed by atoms with Crippen LogP contribution in [-0.4, -0.2) is 12.3 Å². The maximum absolute atomic E-state index is 6.73. The number of hydrogen-bond donors (Lipinski definition) is 1. The first-order valence-electron chi connectivity index (χ1n) is 9.14. The molecule has 3 nitrogen and oxygen atoms in total. The van der Waals surface area contributed by atoms with Crippen molar-refractivity contribution in [3.05, 3.63) is 59.7 Å². The Bertz CT molecular complexity index is 840. The number of rotatable bonds is 3. The van der Waals surface area contributed by atoms with E-state index in [1.165, 1.54) is 11.3 Å². The number of nitrogens with zero attached hydrogens (tertiary/aromatic N) is 1. The Morgan fingerprint density at radius 2 is 1.92 bits per heavy atom. The predicted octanol–water partition coefficient (Wildman–Crippen LogP) is 4.97. The Morgan fingerprint density at radius 3 is 2.72 bits per heavy atom. The van der Waals surface area contributed by atoms with Crippen LogP contribution in [0, 0.1) is 0 Å². The van der Waals surface area contributed by atoms with E-state index in [2.05, 4.69) is 62.1 Å². The summed E-state index contributed by atoms with van der Waals surface area (Å²) < 4.78 is 6.73. The van der Waals surface area contributed by atoms with Crippen molar-refractivity contribution >= 4 is 17.5 Å². The maximum atomic E-state index is 6.73. The molecule has 4 rings (SSSR count). The molecule has 0 fully saturated rings. The van der Waals surface area contributed by atoms with Crippen LogP contribution in [0.1, 0.15) is 44.7 Å². The molecule has 0 radical (unpaired) electrons. The van der Waals surface area contributed by atoms with Crippen LogP contribution in [0.3, 0.4) is 0 Å². The lowest BCUT2D eigenvalue weighted by atomic mass is 9.76. The molecule has 0 saturated carbocycles. The average Bonchev–Trinajstić information content (AvgIpc) is 2.78. The molecule has 2 aliphatic heterocycles. The molecular formula is C22H26N2O. The third-order valence-electron chi connectivity index (χ3n) is 5.69. The van der Waals surface area contributed by atoms with E-state index in [-0.39, 0.29) is 5.41 Å². The van der Waals surface area contributed by atoms with Gasteiger partial charge in [-0.25, -0.2) is 0 Å². The zero-order valence-corrected chi connectivity index (χ0v) is 15.3. The lowest BCUT2D eigenvalue weighted by Gasteiger charge is -2.47. The molecule has 2 aromatic carbocycles. The van der Waals surface area contributed by atoms with Crippen LogP contribution in [0.25, 0.3) is 6.08 Å². The molecular weight excluding hydrogens is 308 g/mol. The molecule has 0 aromatic heterocycles. The molecule has 3 heteroatoms. The minimum absolute atomic E-state index is 0.160. The molecule has 25 heavy (non-hydrogen) atoms. The number of fused-ring (bicyclic) bond motifs is 2. The van der Waals surface area contributed by atoms with Gasteiger partial charge in [0.25, 0.3) is 0 Å². The molecule has 130 valence electrons. The lowest BCUT2D eigenvalue weighted by molar-refractivity contribution is 0.0533. The van der Waals surface area contributed by atoms with Crippen LogP contribution in [0.2, 0.25) is 0 Å². The lowest BCUT2D eigenvalue weighted by Crippen LogP contribution is -2.59. The number of nitrogens with two attached hydrogens (primary N) is 1. The van der Waals surface area contributed by atoms with Crippen molar-refractivity contribution in [2.24, 2.45) is 0 Å². The molecule has 0 bridgehead atoms. The van der Waals surface area contributed by atoms with E-state index in [1.807, 2.05) is 18.2 Å². The van der Waals surface area contributed by atoms with Gasteiger partial charge in [0.05, 0.1) is 5.41 Å². The zero-order valence-electron chi connectivity index (χ0n) is 15.3. The third kappa shape index (κ3) is 2.18. The Balaban J connectivity index is 1.86. The van der Waals surface area contributed by atoms with Gasteiger partial charge < -0.3 is 15.4 Å². The van der Waals surface area contributed by atoms with Gasteiger partial charge in [-0.15, -0.1) is 0 Å². The average molecular weight is 334 g/mol. The molecule has 0 aliphatic carbocycles. The van der Waals surface area contributed by atoms with E-state index in [1.54, 1.807) is 0 Å². The Hall–Kier alpha value is -2.42. The molecule has 1 spiro atoms. The first-order valence-corrected chi connectivity index (χ1v) is 9.14. The second-order valence-electron chi connectivity index (χ2n) is 7.58. The summed E-state index contributed by atoms with van der Waals surface area (Å²) in [6.45, 7) is 7.77. The van der Waals surface area contributed by atoms with Gasteiger partial charge in [-0.2, -0.15) is 0 Å². The number of para-hydroxylation sites is 1. The van der Waals surface area contributed by atoms with E-state index < -0.39 is 5.72 Å². The number of benzene rings is 2. The third-order valence-corrected chi connectivity index (χ3v) is 5.69. The summed E-state index contributed by atoms with van der Waals surface area (Å²) >= 11 is 0. The van der Waals surface area contributed by atoms with Crippen molar-refractivity contribution in [3.63, 3.8) is 0 Å². The van der Waals surface area contributed by atoms with Crippen LogP contribution in [0.15, 0.2) is 48.5 Å². The highest BCUT2D eigenvalue weighted by atomic mass is 16.5. The van der Waals surface area contributed by atoms with E-state index in [4.69, 9.17) is 10.5 Å². The van der Waals surface area contributed by atoms with Gasteiger partial charge in [0, 0.05) is 23.5 Å². The number of hydrogen-bond acceptors (Lipinski definition) is 3. The number of nitrogen functional groups attached to an aromatic ring is 1. The first-order chi connectivity index (χ1) is 12.0. The molecule has 0 amide bonds. The summed E-state index contributed by atoms with van der Waals surface area (Å²) in [5, 5.41) is 0. The Kier molecular flexibility index (Phi) is 3.57. The predicted molar refractivity (Wildman–Crippen MR) is 105 cm³/mol. The molecule has 1 atom stereocenters. The van der Waals surface area contributed by atoms with Crippen LogP contribution in [-0.2, 0) is 5.41 Å². The van der Waals surface area contributed by atoms with Crippen molar-refractivity contribution in [1.82, 2.24) is 0 Å². The zero-order chi connectivity index (χ0) is 17.7. The van der Waals surface area contributed by atoms with Gasteiger partial charge in [-0.3, -0.25) is 0 Å². The second kappa shape index (κ2) is 5.55. The van der Waals surface area contributed by atoms with Crippen LogP contribution < -0.4 is 15.4 Å². The van der Waals surface area contributed by atoms with E-state index >= 15 is 0 Å². The molecule has 2 heterocycles. The van der Waals surface area contributed by atoms with Crippen molar-refractivity contribution in [2.75, 3.05) is 17.2 Å². The molecule has 2 aromatic rings. The van der Waals surface area contributed by atoms with E-state index in [0.29, 0.717) is 0 Å². The van der Waals surface area contributed by atoms with Crippen molar-refractivity contribution in [3.8, 4) is 5.75 Å². The highest BCUT2D eigenvalue weighted by Crippen LogP contribution is 2.54. The van der Waals surface area contributed by atoms with Gasteiger partial charge in [-0.05, 0) is 62.2 Å². The molecule has 2 aliphatic rings. The van der Waals surface area contributed by atoms with Gasteiger partial charge in [0.1, 0.15) is 5.75 Å². The summed E-state index contributed by atoms with van der Waals surface area (Å²) in [5.74, 6) is 0.902. The topological polar surface area (TPSA) is 38.5 Å². The summed E-state index contributed by atoms with van der Waals surface area (Å²) in [6.07, 6.45) is 6.69. The maximum Gasteiger partial charge on any atom is 0.212 e. The number of ether oxygens (including phenoxy) is 1. The monoisotopic (exact) mass is 334 g/mol. The second-order valence-corrected chi connectivity index (χ2v) is 7.58. The summed E-state index contributed by atoms with van der Waals surface area (Å²) in [6, 6.07) is 14.6. The summed E-state index contributed by atoms with van der Waals surface area (Å²) in [4.78, 5) is 2.45. The first kappa shape index (κ1) is 16.1. The minimum Gasteiger partial charge on any atom is -0.463 e. The van der Waals surface area contributed by atoms with Gasteiger partial charge in [-0.1, -0.05) is 31.5 Å². The molecule has 2 N–H and O–H groups in total. The van der Waals surface area contributed by atoms with Crippen LogP contribution in [0.4, 0.5) is 11.4 Å². The fourth-order valence-electron chi connectivity index (χ4n) is 4.23. The SMILES string of the molecule is CCCCN1c2ccccc2C(C)(C)C12C=Cc1cc(N)ccc1O2. The van der Waals surface area contributed by atoms with Crippen molar-refractivity contribution < 1.29 is 4.74 Å². The van der Waals surface area contributed by atoms with E-state index in [0.717, 1.165) is 36.4 Å². The van der Waals surface area contributed by atoms with Crippen molar-refractivity contribution in [2.45, 2.75) is 44.8 Å². The summed E-state index contributed by atoms with van der Waals surface area (Å²) in [7, 11) is 0. The van der Waals surface area contributed by atoms with Crippen molar-refractivity contribution in [1.29, 1.82) is 0 Å². The summed E-state index contributed by atoms with van der Waals surface area (Å²) in [5.41, 5.74) is 9.71. The van der Waals surface area contributed by atoms with Gasteiger partial charge in [0.15, 0.2) is 0 Å². The van der Waals surface area contributed by atoms with Crippen LogP contribution >= 0.6 is 0 Å². The normalized spacial score (nSPS) is 22.6. The Morgan fingerprint density at radius 1 is 1.12 bits per heavy atom. The highest BCUT2D eigenvalue weighted by Gasteiger charge is 2.58. The molecule has 1 unspecified atom stereocenters. The number of anilines is 2. The molecule has 0 saturated heterocycles. The van der Waals surface area contributed by atoms with Gasteiger partial charge in [0.2, 0.25) is 5.72 Å². The fraction of sp³-hybridized carbons (Fsp3) is 0.364. The largest absolute Gasteiger partial charge is 0.463 e. The fourth-order valence-corrected chi connectivity index (χ4v) is 4.23. The smallest absolute Gasteiger partial charge is 0.212 e. The standard InChI is InChI=1S/C22H26N2O/c1-4-5-14-24-19-9-7-6-8-18(19)21(2,3)22(24)13-12-16-15-17(23)10-11-20(16)25-22/h6-13,15H,4-5,14,23H2,1-3H3. The quantitative estimate of drug-likeness (QED) is 0.806. The van der Waals surface area contributed by atoms with Gasteiger partial charge >= 0.3 is 0 Å².